The highest BCUT2D eigenvalue weighted by molar-refractivity contribution is 6.30. The van der Waals surface area contributed by atoms with Crippen molar-refractivity contribution in [2.45, 2.75) is 31.2 Å². The maximum atomic E-state index is 13.2. The molecule has 2 heterocycles. The summed E-state index contributed by atoms with van der Waals surface area (Å²) in [5, 5.41) is 7.66. The standard InChI is InChI=1S/C15H16ClFN4O2/c1-9(16)14(22)20-6-4-11(5-7-20)21-15(23)12-3-2-10(17)8-13(12)18-19-21/h2-3,8-9,11H,4-7H2,1H3. The first-order valence-corrected chi connectivity index (χ1v) is 7.88. The lowest BCUT2D eigenvalue weighted by molar-refractivity contribution is -0.131. The number of alkyl halides is 1. The number of carbonyl (C=O) groups is 1. The molecule has 2 aromatic rings. The molecule has 23 heavy (non-hydrogen) atoms. The number of aromatic nitrogens is 3. The van der Waals surface area contributed by atoms with Crippen LogP contribution in [0, 0.1) is 5.82 Å². The molecule has 0 radical (unpaired) electrons. The van der Waals surface area contributed by atoms with Gasteiger partial charge in [-0.3, -0.25) is 9.59 Å². The summed E-state index contributed by atoms with van der Waals surface area (Å²) in [5.74, 6) is -0.552. The number of benzene rings is 1. The topological polar surface area (TPSA) is 68.1 Å². The first-order chi connectivity index (χ1) is 11.0. The van der Waals surface area contributed by atoms with E-state index in [1.54, 1.807) is 11.8 Å². The Balaban J connectivity index is 1.83. The Hall–Kier alpha value is -2.02. The monoisotopic (exact) mass is 338 g/mol. The number of hydrogen-bond acceptors (Lipinski definition) is 4. The number of rotatable bonds is 2. The first kappa shape index (κ1) is 15.9. The highest BCUT2D eigenvalue weighted by Crippen LogP contribution is 2.22. The van der Waals surface area contributed by atoms with Gasteiger partial charge < -0.3 is 4.90 Å². The summed E-state index contributed by atoms with van der Waals surface area (Å²) >= 11 is 5.82. The van der Waals surface area contributed by atoms with Crippen LogP contribution in [0.4, 0.5) is 4.39 Å². The number of hydrogen-bond donors (Lipinski definition) is 0. The summed E-state index contributed by atoms with van der Waals surface area (Å²) < 4.78 is 14.5. The van der Waals surface area contributed by atoms with Gasteiger partial charge in [-0.05, 0) is 31.9 Å². The Morgan fingerprint density at radius 2 is 2.09 bits per heavy atom. The molecule has 1 unspecified atom stereocenters. The molecule has 6 nitrogen and oxygen atoms in total. The van der Waals surface area contributed by atoms with Crippen molar-refractivity contribution in [3.8, 4) is 0 Å². The van der Waals surface area contributed by atoms with Crippen molar-refractivity contribution in [1.29, 1.82) is 0 Å². The third kappa shape index (κ3) is 3.06. The van der Waals surface area contributed by atoms with Crippen molar-refractivity contribution in [2.75, 3.05) is 13.1 Å². The molecule has 122 valence electrons. The quantitative estimate of drug-likeness (QED) is 0.782. The van der Waals surface area contributed by atoms with Crippen LogP contribution >= 0.6 is 11.6 Å². The maximum absolute atomic E-state index is 13.2. The predicted octanol–water partition coefficient (Wildman–Crippen LogP) is 1.72. The largest absolute Gasteiger partial charge is 0.341 e. The second-order valence-corrected chi connectivity index (χ2v) is 6.33. The molecule has 1 amide bonds. The molecule has 0 saturated carbocycles. The van der Waals surface area contributed by atoms with Crippen molar-refractivity contribution in [3.05, 3.63) is 34.4 Å². The van der Waals surface area contributed by atoms with E-state index >= 15 is 0 Å². The number of halogens is 2. The summed E-state index contributed by atoms with van der Waals surface area (Å²) in [6.07, 6.45) is 1.22. The molecule has 0 bridgehead atoms. The fourth-order valence-electron chi connectivity index (χ4n) is 2.85. The average Bonchev–Trinajstić information content (AvgIpc) is 2.54. The lowest BCUT2D eigenvalue weighted by Gasteiger charge is -2.32. The lowest BCUT2D eigenvalue weighted by Crippen LogP contribution is -2.43. The minimum absolute atomic E-state index is 0.0995. The zero-order chi connectivity index (χ0) is 16.6. The van der Waals surface area contributed by atoms with E-state index < -0.39 is 11.2 Å². The van der Waals surface area contributed by atoms with Crippen LogP contribution in [0.1, 0.15) is 25.8 Å². The molecular weight excluding hydrogens is 323 g/mol. The molecule has 1 fully saturated rings. The minimum atomic E-state index is -0.551. The van der Waals surface area contributed by atoms with Crippen molar-refractivity contribution in [3.63, 3.8) is 0 Å². The predicted molar refractivity (Wildman–Crippen MR) is 83.9 cm³/mol. The number of piperidine rings is 1. The zero-order valence-corrected chi connectivity index (χ0v) is 13.3. The van der Waals surface area contributed by atoms with Gasteiger partial charge in [0.25, 0.3) is 5.56 Å². The van der Waals surface area contributed by atoms with Gasteiger partial charge in [0.05, 0.1) is 11.4 Å². The van der Waals surface area contributed by atoms with Gasteiger partial charge in [0, 0.05) is 19.2 Å². The molecule has 1 aromatic carbocycles. The van der Waals surface area contributed by atoms with Gasteiger partial charge in [-0.15, -0.1) is 16.7 Å². The Kier molecular flexibility index (Phi) is 4.30. The van der Waals surface area contributed by atoms with Crippen LogP contribution in [0.25, 0.3) is 10.9 Å². The molecule has 0 aliphatic carbocycles. The van der Waals surface area contributed by atoms with E-state index in [-0.39, 0.29) is 23.0 Å². The molecule has 8 heteroatoms. The summed E-state index contributed by atoms with van der Waals surface area (Å²) in [7, 11) is 0. The number of carbonyl (C=O) groups excluding carboxylic acids is 1. The molecule has 0 spiro atoms. The second kappa shape index (κ2) is 6.23. The van der Waals surface area contributed by atoms with Gasteiger partial charge in [-0.25, -0.2) is 9.07 Å². The second-order valence-electron chi connectivity index (χ2n) is 5.67. The van der Waals surface area contributed by atoms with E-state index in [9.17, 15) is 14.0 Å². The number of nitrogens with zero attached hydrogens (tertiary/aromatic N) is 4. The van der Waals surface area contributed by atoms with E-state index in [1.165, 1.54) is 22.9 Å². The Labute approximate surface area is 136 Å². The van der Waals surface area contributed by atoms with Gasteiger partial charge in [0.15, 0.2) is 0 Å². The van der Waals surface area contributed by atoms with Crippen molar-refractivity contribution >= 4 is 28.4 Å². The number of likely N-dealkylation sites (tertiary alicyclic amines) is 1. The molecule has 1 aliphatic heterocycles. The lowest BCUT2D eigenvalue weighted by atomic mass is 10.0. The Morgan fingerprint density at radius 1 is 1.39 bits per heavy atom. The SMILES string of the molecule is CC(Cl)C(=O)N1CCC(n2nnc3cc(F)ccc3c2=O)CC1. The van der Waals surface area contributed by atoms with E-state index in [2.05, 4.69) is 10.3 Å². The maximum Gasteiger partial charge on any atom is 0.277 e. The third-order valence-electron chi connectivity index (χ3n) is 4.11. The van der Waals surface area contributed by atoms with Crippen LogP contribution < -0.4 is 5.56 Å². The van der Waals surface area contributed by atoms with Crippen molar-refractivity contribution in [2.24, 2.45) is 0 Å². The van der Waals surface area contributed by atoms with Crippen LogP contribution in [0.5, 0.6) is 0 Å². The highest BCUT2D eigenvalue weighted by atomic mass is 35.5. The van der Waals surface area contributed by atoms with Crippen molar-refractivity contribution < 1.29 is 9.18 Å². The van der Waals surface area contributed by atoms with Gasteiger partial charge in [-0.1, -0.05) is 5.21 Å². The summed E-state index contributed by atoms with van der Waals surface area (Å²) in [6.45, 7) is 2.70. The van der Waals surface area contributed by atoms with Gasteiger partial charge in [-0.2, -0.15) is 0 Å². The van der Waals surface area contributed by atoms with E-state index in [4.69, 9.17) is 11.6 Å². The fourth-order valence-corrected chi connectivity index (χ4v) is 2.99. The van der Waals surface area contributed by atoms with Gasteiger partial charge in [0.2, 0.25) is 5.91 Å². The Morgan fingerprint density at radius 3 is 2.74 bits per heavy atom. The molecule has 1 aliphatic rings. The van der Waals surface area contributed by atoms with E-state index in [1.807, 2.05) is 0 Å². The van der Waals surface area contributed by atoms with Crippen LogP contribution in [0.2, 0.25) is 0 Å². The Bertz CT molecular complexity index is 800. The summed E-state index contributed by atoms with van der Waals surface area (Å²) in [5.41, 5.74) is -0.0414. The number of fused-ring (bicyclic) bond motifs is 1. The fraction of sp³-hybridized carbons (Fsp3) is 0.467. The van der Waals surface area contributed by atoms with Crippen LogP contribution in [0.3, 0.4) is 0 Å². The number of amides is 1. The summed E-state index contributed by atoms with van der Waals surface area (Å²) in [6, 6.07) is 3.72. The smallest absolute Gasteiger partial charge is 0.277 e. The van der Waals surface area contributed by atoms with Gasteiger partial charge >= 0.3 is 0 Å². The van der Waals surface area contributed by atoms with E-state index in [0.29, 0.717) is 31.3 Å². The van der Waals surface area contributed by atoms with Crippen LogP contribution in [0.15, 0.2) is 23.0 Å². The summed E-state index contributed by atoms with van der Waals surface area (Å²) in [4.78, 5) is 26.1. The molecule has 0 N–H and O–H groups in total. The molecule has 1 saturated heterocycles. The third-order valence-corrected chi connectivity index (χ3v) is 4.30. The van der Waals surface area contributed by atoms with Gasteiger partial charge in [0.1, 0.15) is 16.7 Å². The van der Waals surface area contributed by atoms with E-state index in [0.717, 1.165) is 0 Å². The first-order valence-electron chi connectivity index (χ1n) is 7.45. The van der Waals surface area contributed by atoms with Crippen molar-refractivity contribution in [1.82, 2.24) is 19.9 Å². The van der Waals surface area contributed by atoms with Crippen LogP contribution in [-0.2, 0) is 4.79 Å². The minimum Gasteiger partial charge on any atom is -0.341 e. The average molecular weight is 339 g/mol. The normalized spacial score (nSPS) is 17.4. The zero-order valence-electron chi connectivity index (χ0n) is 12.6. The van der Waals surface area contributed by atoms with Crippen LogP contribution in [-0.4, -0.2) is 44.3 Å². The molecule has 3 rings (SSSR count). The molecule has 1 atom stereocenters. The highest BCUT2D eigenvalue weighted by Gasteiger charge is 2.27. The molecular formula is C15H16ClFN4O2. The molecule has 1 aromatic heterocycles.